The number of carbonyl (C=O) groups is 1. The molecule has 1 unspecified atom stereocenters. The maximum atomic E-state index is 11.9. The van der Waals surface area contributed by atoms with Gasteiger partial charge in [0.1, 0.15) is 0 Å². The molecule has 0 spiro atoms. The van der Waals surface area contributed by atoms with Gasteiger partial charge in [0.25, 0.3) is 0 Å². The second kappa shape index (κ2) is 6.33. The first-order valence-corrected chi connectivity index (χ1v) is 6.55. The molecular weight excluding hydrogens is 202 g/mol. The predicted octanol–water partition coefficient (Wildman–Crippen LogP) is -0.00710. The molecule has 4 nitrogen and oxygen atoms in total. The Hall–Kier alpha value is -0.450. The third-order valence-electron chi connectivity index (χ3n) is 3.55. The van der Waals surface area contributed by atoms with Crippen molar-refractivity contribution in [2.45, 2.75) is 31.7 Å². The lowest BCUT2D eigenvalue weighted by molar-refractivity contribution is -0.121. The second-order valence-electron chi connectivity index (χ2n) is 4.83. The van der Waals surface area contributed by atoms with E-state index in [1.54, 1.807) is 0 Å². The van der Waals surface area contributed by atoms with Gasteiger partial charge in [-0.15, -0.1) is 0 Å². The Labute approximate surface area is 97.8 Å². The number of nitrogens with one attached hydrogen (secondary N) is 2. The Morgan fingerprint density at radius 3 is 2.69 bits per heavy atom. The molecule has 0 saturated carbocycles. The molecule has 0 radical (unpaired) electrons. The Balaban J connectivity index is 1.65. The highest BCUT2D eigenvalue weighted by atomic mass is 16.1. The van der Waals surface area contributed by atoms with E-state index in [1.807, 2.05) is 0 Å². The number of hydrogen-bond donors (Lipinski definition) is 2. The maximum Gasteiger partial charge on any atom is 0.152 e. The molecular formula is C12H23N3O. The molecule has 2 saturated heterocycles. The van der Waals surface area contributed by atoms with Gasteiger partial charge in [0.15, 0.2) is 5.78 Å². The van der Waals surface area contributed by atoms with Crippen LogP contribution in [0.3, 0.4) is 0 Å². The molecule has 2 N–H and O–H groups in total. The fourth-order valence-corrected chi connectivity index (χ4v) is 2.51. The van der Waals surface area contributed by atoms with Crippen LogP contribution in [0.25, 0.3) is 0 Å². The van der Waals surface area contributed by atoms with Crippen LogP contribution in [0.2, 0.25) is 0 Å². The minimum absolute atomic E-state index is 0.0542. The van der Waals surface area contributed by atoms with Crippen molar-refractivity contribution in [2.75, 3.05) is 39.3 Å². The molecule has 16 heavy (non-hydrogen) atoms. The van der Waals surface area contributed by atoms with Gasteiger partial charge < -0.3 is 15.5 Å². The van der Waals surface area contributed by atoms with Crippen LogP contribution in [0.15, 0.2) is 0 Å². The van der Waals surface area contributed by atoms with Gasteiger partial charge in [-0.2, -0.15) is 0 Å². The van der Waals surface area contributed by atoms with Crippen LogP contribution in [0.4, 0.5) is 0 Å². The third-order valence-corrected chi connectivity index (χ3v) is 3.55. The lowest BCUT2D eigenvalue weighted by atomic mass is 10.1. The van der Waals surface area contributed by atoms with E-state index in [4.69, 9.17) is 0 Å². The van der Waals surface area contributed by atoms with Crippen molar-refractivity contribution in [3.05, 3.63) is 0 Å². The lowest BCUT2D eigenvalue weighted by Crippen LogP contribution is -2.52. The van der Waals surface area contributed by atoms with E-state index in [0.717, 1.165) is 26.2 Å². The Bertz CT molecular complexity index is 220. The first kappa shape index (κ1) is 12.0. The van der Waals surface area contributed by atoms with Crippen molar-refractivity contribution in [2.24, 2.45) is 0 Å². The van der Waals surface area contributed by atoms with Crippen molar-refractivity contribution < 1.29 is 4.79 Å². The third kappa shape index (κ3) is 3.54. The fourth-order valence-electron chi connectivity index (χ4n) is 2.51. The van der Waals surface area contributed by atoms with E-state index in [2.05, 4.69) is 15.5 Å². The monoisotopic (exact) mass is 225 g/mol. The number of Topliss-reactive ketones (excluding diaryl/α,β-unsaturated/α-hetero) is 1. The van der Waals surface area contributed by atoms with Gasteiger partial charge in [-0.25, -0.2) is 0 Å². The summed E-state index contributed by atoms with van der Waals surface area (Å²) in [6.45, 7) is 6.03. The molecule has 2 rings (SSSR count). The number of carbonyl (C=O) groups excluding carboxylic acids is 1. The van der Waals surface area contributed by atoms with E-state index in [0.29, 0.717) is 12.2 Å². The van der Waals surface area contributed by atoms with Gasteiger partial charge in [0.2, 0.25) is 0 Å². The summed E-state index contributed by atoms with van der Waals surface area (Å²) in [5.41, 5.74) is 0. The van der Waals surface area contributed by atoms with Gasteiger partial charge >= 0.3 is 0 Å². The number of ketones is 1. The van der Waals surface area contributed by atoms with E-state index >= 15 is 0 Å². The number of piperidine rings is 1. The first-order chi connectivity index (χ1) is 7.86. The van der Waals surface area contributed by atoms with Crippen LogP contribution < -0.4 is 10.6 Å². The molecule has 2 heterocycles. The number of hydrogen-bond acceptors (Lipinski definition) is 4. The van der Waals surface area contributed by atoms with Gasteiger partial charge in [-0.1, -0.05) is 6.42 Å². The zero-order valence-electron chi connectivity index (χ0n) is 10.0. The van der Waals surface area contributed by atoms with Crippen LogP contribution in [-0.2, 0) is 4.79 Å². The summed E-state index contributed by atoms with van der Waals surface area (Å²) in [6, 6.07) is 0.0542. The van der Waals surface area contributed by atoms with Crippen LogP contribution in [-0.4, -0.2) is 56.0 Å². The topological polar surface area (TPSA) is 44.4 Å². The molecule has 1 atom stereocenters. The molecule has 0 aliphatic carbocycles. The summed E-state index contributed by atoms with van der Waals surface area (Å²) in [4.78, 5) is 14.3. The second-order valence-corrected chi connectivity index (χ2v) is 4.83. The summed E-state index contributed by atoms with van der Waals surface area (Å²) in [6.07, 6.45) is 4.67. The molecule has 0 bridgehead atoms. The van der Waals surface area contributed by atoms with E-state index < -0.39 is 0 Å². The van der Waals surface area contributed by atoms with Crippen molar-refractivity contribution in [1.29, 1.82) is 0 Å². The average Bonchev–Trinajstić information content (AvgIpc) is 2.38. The van der Waals surface area contributed by atoms with Gasteiger partial charge in [-0.3, -0.25) is 4.79 Å². The highest BCUT2D eigenvalue weighted by Crippen LogP contribution is 2.09. The normalized spacial score (nSPS) is 27.9. The fraction of sp³-hybridized carbons (Fsp3) is 0.917. The van der Waals surface area contributed by atoms with Gasteiger partial charge in [0.05, 0.1) is 6.04 Å². The quantitative estimate of drug-likeness (QED) is 0.706. The maximum absolute atomic E-state index is 11.9. The standard InChI is InChI=1S/C12H23N3O/c16-12(11-10-13-5-6-14-11)4-9-15-7-2-1-3-8-15/h11,13-14H,1-10H2. The molecule has 2 aliphatic heterocycles. The molecule has 2 aliphatic rings. The van der Waals surface area contributed by atoms with Gasteiger partial charge in [-0.05, 0) is 25.9 Å². The zero-order chi connectivity index (χ0) is 11.2. The average molecular weight is 225 g/mol. The molecule has 2 fully saturated rings. The van der Waals surface area contributed by atoms with E-state index in [1.165, 1.54) is 32.4 Å². The Morgan fingerprint density at radius 2 is 2.00 bits per heavy atom. The molecule has 0 aromatic carbocycles. The van der Waals surface area contributed by atoms with Crippen molar-refractivity contribution in [1.82, 2.24) is 15.5 Å². The van der Waals surface area contributed by atoms with Crippen molar-refractivity contribution >= 4 is 5.78 Å². The number of nitrogens with zero attached hydrogens (tertiary/aromatic N) is 1. The summed E-state index contributed by atoms with van der Waals surface area (Å²) in [5.74, 6) is 0.373. The Morgan fingerprint density at radius 1 is 1.19 bits per heavy atom. The highest BCUT2D eigenvalue weighted by Gasteiger charge is 2.20. The minimum atomic E-state index is 0.0542. The minimum Gasteiger partial charge on any atom is -0.313 e. The van der Waals surface area contributed by atoms with Crippen LogP contribution >= 0.6 is 0 Å². The predicted molar refractivity (Wildman–Crippen MR) is 64.6 cm³/mol. The van der Waals surface area contributed by atoms with Crippen molar-refractivity contribution in [3.63, 3.8) is 0 Å². The summed E-state index contributed by atoms with van der Waals surface area (Å²) in [7, 11) is 0. The largest absolute Gasteiger partial charge is 0.313 e. The number of rotatable bonds is 4. The van der Waals surface area contributed by atoms with Crippen LogP contribution in [0.1, 0.15) is 25.7 Å². The highest BCUT2D eigenvalue weighted by molar-refractivity contribution is 5.84. The molecule has 4 heteroatoms. The summed E-state index contributed by atoms with van der Waals surface area (Å²) < 4.78 is 0. The Kier molecular flexibility index (Phi) is 4.75. The van der Waals surface area contributed by atoms with Gasteiger partial charge in [0, 0.05) is 32.6 Å². The SMILES string of the molecule is O=C(CCN1CCCCC1)C1CNCCN1. The van der Waals surface area contributed by atoms with Crippen LogP contribution in [0, 0.1) is 0 Å². The van der Waals surface area contributed by atoms with E-state index in [9.17, 15) is 4.79 Å². The molecule has 92 valence electrons. The number of piperazine rings is 1. The lowest BCUT2D eigenvalue weighted by Gasteiger charge is -2.28. The number of likely N-dealkylation sites (tertiary alicyclic amines) is 1. The van der Waals surface area contributed by atoms with Crippen LogP contribution in [0.5, 0.6) is 0 Å². The van der Waals surface area contributed by atoms with Crippen molar-refractivity contribution in [3.8, 4) is 0 Å². The molecule has 0 aromatic rings. The smallest absolute Gasteiger partial charge is 0.152 e. The summed E-state index contributed by atoms with van der Waals surface area (Å²) in [5, 5.41) is 6.53. The first-order valence-electron chi connectivity index (χ1n) is 6.55. The zero-order valence-corrected chi connectivity index (χ0v) is 10.0. The molecule has 0 amide bonds. The summed E-state index contributed by atoms with van der Waals surface area (Å²) >= 11 is 0. The van der Waals surface area contributed by atoms with E-state index in [-0.39, 0.29) is 6.04 Å². The molecule has 0 aromatic heterocycles.